The maximum Gasteiger partial charge on any atom is 0.211 e. The van der Waals surface area contributed by atoms with Crippen LogP contribution in [0.2, 0.25) is 0 Å². The Hall–Kier alpha value is -3.59. The van der Waals surface area contributed by atoms with Crippen molar-refractivity contribution in [3.63, 3.8) is 0 Å². The van der Waals surface area contributed by atoms with E-state index in [1.165, 1.54) is 0 Å². The van der Waals surface area contributed by atoms with Gasteiger partial charge in [0.1, 0.15) is 5.75 Å². The number of hydrogen-bond donors (Lipinski definition) is 3. The quantitative estimate of drug-likeness (QED) is 0.514. The number of rotatable bonds is 2. The van der Waals surface area contributed by atoms with E-state index in [0.29, 0.717) is 0 Å². The van der Waals surface area contributed by atoms with E-state index in [9.17, 15) is 5.11 Å². The summed E-state index contributed by atoms with van der Waals surface area (Å²) in [5, 5.41) is 11.2. The number of aromatic hydroxyl groups is 1. The van der Waals surface area contributed by atoms with Gasteiger partial charge in [0.2, 0.25) is 5.69 Å². The molecular weight excluding hydrogens is 320 g/mol. The zero-order valence-corrected chi connectivity index (χ0v) is 14.0. The van der Waals surface area contributed by atoms with E-state index >= 15 is 0 Å². The van der Waals surface area contributed by atoms with E-state index in [-0.39, 0.29) is 5.75 Å². The first kappa shape index (κ1) is 14.7. The number of H-pyrrole nitrogens is 1. The van der Waals surface area contributed by atoms with Crippen molar-refractivity contribution < 1.29 is 10.1 Å². The lowest BCUT2D eigenvalue weighted by Crippen LogP contribution is -2.58. The smallest absolute Gasteiger partial charge is 0.211 e. The molecule has 3 nitrogen and oxygen atoms in total. The van der Waals surface area contributed by atoms with E-state index in [1.807, 2.05) is 42.7 Å². The Balaban J connectivity index is 1.86. The molecule has 0 spiro atoms. The van der Waals surface area contributed by atoms with E-state index < -0.39 is 0 Å². The number of hydrogen-bond acceptors (Lipinski definition) is 1. The average molecular weight is 337 g/mol. The molecule has 26 heavy (non-hydrogen) atoms. The van der Waals surface area contributed by atoms with Crippen LogP contribution in [0.25, 0.3) is 22.0 Å². The van der Waals surface area contributed by atoms with E-state index in [0.717, 1.165) is 44.4 Å². The molecule has 0 bridgehead atoms. The molecule has 0 fully saturated rings. The molecule has 0 aliphatic carbocycles. The summed E-state index contributed by atoms with van der Waals surface area (Å²) in [6.07, 6.45) is 4.09. The number of benzene rings is 3. The third-order valence-electron chi connectivity index (χ3n) is 4.85. The zero-order chi connectivity index (χ0) is 17.5. The molecular formula is C23H17N2O+. The van der Waals surface area contributed by atoms with Crippen LogP contribution in [0.5, 0.6) is 5.75 Å². The van der Waals surface area contributed by atoms with Crippen LogP contribution in [-0.2, 0) is 0 Å². The molecule has 2 heterocycles. The Morgan fingerprint density at radius 3 is 2.65 bits per heavy atom. The third kappa shape index (κ3) is 2.25. The van der Waals surface area contributed by atoms with Gasteiger partial charge in [-0.3, -0.25) is 0 Å². The molecule has 3 aromatic carbocycles. The van der Waals surface area contributed by atoms with Gasteiger partial charge in [0.15, 0.2) is 6.21 Å². The normalized spacial score (nSPS) is 14.6. The van der Waals surface area contributed by atoms with Gasteiger partial charge in [-0.15, -0.1) is 0 Å². The topological polar surface area (TPSA) is 50.0 Å². The van der Waals surface area contributed by atoms with Crippen LogP contribution in [0.15, 0.2) is 79.0 Å². The van der Waals surface area contributed by atoms with Crippen molar-refractivity contribution in [2.75, 3.05) is 0 Å². The second-order valence-electron chi connectivity index (χ2n) is 6.42. The Kier molecular flexibility index (Phi) is 3.25. The lowest BCUT2D eigenvalue weighted by atomic mass is 9.90. The van der Waals surface area contributed by atoms with Crippen LogP contribution in [-0.4, -0.2) is 16.3 Å². The molecule has 1 aliphatic rings. The summed E-state index contributed by atoms with van der Waals surface area (Å²) in [6.45, 7) is 0. The van der Waals surface area contributed by atoms with Crippen molar-refractivity contribution in [1.82, 2.24) is 4.98 Å². The first-order valence-electron chi connectivity index (χ1n) is 8.60. The minimum absolute atomic E-state index is 0.264. The highest BCUT2D eigenvalue weighted by Crippen LogP contribution is 2.38. The van der Waals surface area contributed by atoms with Crippen molar-refractivity contribution >= 4 is 34.0 Å². The summed E-state index contributed by atoms with van der Waals surface area (Å²) >= 11 is 0. The minimum atomic E-state index is 0.264. The maximum absolute atomic E-state index is 10.1. The minimum Gasteiger partial charge on any atom is -0.508 e. The van der Waals surface area contributed by atoms with Gasteiger partial charge in [-0.05, 0) is 29.8 Å². The van der Waals surface area contributed by atoms with Crippen LogP contribution in [0.3, 0.4) is 0 Å². The van der Waals surface area contributed by atoms with Crippen LogP contribution in [0.4, 0.5) is 5.69 Å². The van der Waals surface area contributed by atoms with Crippen LogP contribution in [0.1, 0.15) is 16.7 Å². The molecule has 1 aromatic heterocycles. The number of aromatic nitrogens is 1. The Morgan fingerprint density at radius 2 is 1.73 bits per heavy atom. The molecule has 0 saturated heterocycles. The molecule has 0 amide bonds. The first-order chi connectivity index (χ1) is 12.8. The van der Waals surface area contributed by atoms with Gasteiger partial charge < -0.3 is 10.1 Å². The summed E-state index contributed by atoms with van der Waals surface area (Å²) in [5.74, 6) is 0.264. The van der Waals surface area contributed by atoms with E-state index in [2.05, 4.69) is 46.4 Å². The number of fused-ring (bicyclic) bond motifs is 2. The number of nitrogens with one attached hydrogen (secondary N) is 2. The number of allylic oxidation sites excluding steroid dienone is 1. The fourth-order valence-corrected chi connectivity index (χ4v) is 3.67. The highest BCUT2D eigenvalue weighted by atomic mass is 16.3. The van der Waals surface area contributed by atoms with Crippen molar-refractivity contribution in [2.24, 2.45) is 0 Å². The fourth-order valence-electron chi connectivity index (χ4n) is 3.67. The van der Waals surface area contributed by atoms with Crippen LogP contribution in [0, 0.1) is 0 Å². The standard InChI is InChI=1S/C23H16N2O/c26-16-7-5-6-15(12-16)23(19-13-24-21-10-3-1-8-17(19)21)20-14-25-22-11-4-2-9-18(20)22/h1-14,24,26H/p+1/b23-20+. The lowest BCUT2D eigenvalue weighted by molar-refractivity contribution is -0.342. The zero-order valence-electron chi connectivity index (χ0n) is 14.0. The van der Waals surface area contributed by atoms with E-state index in [4.69, 9.17) is 0 Å². The fraction of sp³-hybridized carbons (Fsp3) is 0. The van der Waals surface area contributed by atoms with Gasteiger partial charge in [-0.25, -0.2) is 4.99 Å². The molecule has 0 unspecified atom stereocenters. The molecule has 1 aliphatic heterocycles. The Bertz CT molecular complexity index is 1200. The molecule has 124 valence electrons. The van der Waals surface area contributed by atoms with Crippen LogP contribution >= 0.6 is 0 Å². The second-order valence-corrected chi connectivity index (χ2v) is 6.42. The summed E-state index contributed by atoms with van der Waals surface area (Å²) in [7, 11) is 0. The first-order valence-corrected chi connectivity index (χ1v) is 8.60. The summed E-state index contributed by atoms with van der Waals surface area (Å²) in [4.78, 5) is 6.74. The summed E-state index contributed by atoms with van der Waals surface area (Å²) in [5.41, 5.74) is 7.68. The molecule has 0 atom stereocenters. The van der Waals surface area contributed by atoms with Crippen molar-refractivity contribution in [3.05, 3.63) is 95.7 Å². The van der Waals surface area contributed by atoms with Crippen molar-refractivity contribution in [1.29, 1.82) is 0 Å². The highest BCUT2D eigenvalue weighted by molar-refractivity contribution is 6.24. The largest absolute Gasteiger partial charge is 0.508 e. The second kappa shape index (κ2) is 5.74. The van der Waals surface area contributed by atoms with Gasteiger partial charge in [0, 0.05) is 34.3 Å². The van der Waals surface area contributed by atoms with Crippen molar-refractivity contribution in [2.45, 2.75) is 0 Å². The molecule has 3 heteroatoms. The number of phenolic OH excluding ortho intramolecular Hbond substituents is 1. The van der Waals surface area contributed by atoms with Gasteiger partial charge in [0.25, 0.3) is 0 Å². The number of aromatic amines is 1. The van der Waals surface area contributed by atoms with Crippen LogP contribution < -0.4 is 4.99 Å². The average Bonchev–Trinajstić information content (AvgIpc) is 3.28. The monoisotopic (exact) mass is 337 g/mol. The Labute approximate surface area is 151 Å². The number of para-hydroxylation sites is 2. The molecule has 0 saturated carbocycles. The lowest BCUT2D eigenvalue weighted by Gasteiger charge is -2.10. The maximum atomic E-state index is 10.1. The summed E-state index contributed by atoms with van der Waals surface area (Å²) < 4.78 is 0. The summed E-state index contributed by atoms with van der Waals surface area (Å²) in [6, 6.07) is 24.0. The van der Waals surface area contributed by atoms with Crippen molar-refractivity contribution in [3.8, 4) is 5.75 Å². The van der Waals surface area contributed by atoms with Gasteiger partial charge >= 0.3 is 0 Å². The van der Waals surface area contributed by atoms with Gasteiger partial charge in [-0.2, -0.15) is 0 Å². The predicted molar refractivity (Wildman–Crippen MR) is 105 cm³/mol. The molecule has 0 radical (unpaired) electrons. The van der Waals surface area contributed by atoms with Gasteiger partial charge in [-0.1, -0.05) is 42.5 Å². The predicted octanol–water partition coefficient (Wildman–Crippen LogP) is 3.63. The van der Waals surface area contributed by atoms with Gasteiger partial charge in [0.05, 0.1) is 11.1 Å². The molecule has 4 aromatic rings. The number of phenols is 1. The highest BCUT2D eigenvalue weighted by Gasteiger charge is 2.24. The SMILES string of the molecule is Oc1cccc(/C(=C2/C=[NH+]c3ccccc32)c2c[nH]c3ccccc23)c1. The van der Waals surface area contributed by atoms with E-state index in [1.54, 1.807) is 6.07 Å². The Morgan fingerprint density at radius 1 is 0.885 bits per heavy atom. The molecule has 5 rings (SSSR count). The molecule has 3 N–H and O–H groups in total. The third-order valence-corrected chi connectivity index (χ3v) is 4.85.